The van der Waals surface area contributed by atoms with Crippen LogP contribution < -0.4 is 24.9 Å². The van der Waals surface area contributed by atoms with Gasteiger partial charge >= 0.3 is 200 Å². The van der Waals surface area contributed by atoms with Crippen LogP contribution in [0, 0.1) is 0 Å². The van der Waals surface area contributed by atoms with Crippen molar-refractivity contribution in [3.63, 3.8) is 0 Å². The van der Waals surface area contributed by atoms with E-state index in [1.54, 1.807) is 0 Å². The summed E-state index contributed by atoms with van der Waals surface area (Å²) in [7, 11) is 0. The minimum atomic E-state index is -6.07. The fraction of sp³-hybridized carbons (Fsp3) is 0. The summed E-state index contributed by atoms with van der Waals surface area (Å²) in [6.07, 6.45) is 0. The summed E-state index contributed by atoms with van der Waals surface area (Å²) in [5, 5.41) is 0. The summed E-state index contributed by atoms with van der Waals surface area (Å²) in [5.41, 5.74) is 0. The molecule has 0 aliphatic heterocycles. The second kappa shape index (κ2) is 14.8. The second-order valence-electron chi connectivity index (χ2n) is 2.65. The van der Waals surface area contributed by atoms with E-state index < -0.39 is 81.7 Å². The fourth-order valence-electron chi connectivity index (χ4n) is 0.306. The van der Waals surface area contributed by atoms with Crippen molar-refractivity contribution in [1.82, 2.24) is 0 Å². The zero-order chi connectivity index (χ0) is 23.1. The topological polar surface area (TPSA) is 371 Å². The summed E-state index contributed by atoms with van der Waals surface area (Å²) < 4.78 is 177. The third kappa shape index (κ3) is 58.7. The van der Waals surface area contributed by atoms with Gasteiger partial charge in [-0.25, -0.2) is 0 Å². The Morgan fingerprint density at radius 2 is 0.379 bits per heavy atom. The molecule has 0 rings (SSSR count). The van der Waals surface area contributed by atoms with Gasteiger partial charge in [0.2, 0.25) is 0 Å². The van der Waals surface area contributed by atoms with Crippen molar-refractivity contribution in [3.8, 4) is 0 Å². The van der Waals surface area contributed by atoms with Crippen molar-refractivity contribution in [2.75, 3.05) is 0 Å². The average molecular weight is 854 g/mol. The molecule has 0 spiro atoms. The van der Waals surface area contributed by atoms with Crippen molar-refractivity contribution in [3.05, 3.63) is 0 Å². The smallest absolute Gasteiger partial charge is 3.00 e. The Balaban J connectivity index is -0.0000000960. The Hall–Kier alpha value is 1.68. The molecule has 29 heteroatoms. The van der Waals surface area contributed by atoms with Crippen LogP contribution in [-0.4, -0.2) is 0 Å². The van der Waals surface area contributed by atoms with E-state index in [1.165, 1.54) is 0 Å². The van der Waals surface area contributed by atoms with E-state index in [-0.39, 0.29) is 39.0 Å². The Labute approximate surface area is 197 Å². The third-order valence-corrected chi connectivity index (χ3v) is 8.50. The first-order valence-corrected chi connectivity index (χ1v) is 16.5. The van der Waals surface area contributed by atoms with Gasteiger partial charge in [0, 0.05) is 0 Å². The Morgan fingerprint density at radius 3 is 0.379 bits per heavy atom. The molecule has 0 aliphatic carbocycles. The minimum absolute atomic E-state index is 0. The number of rotatable bonds is 6. The molecular formula is Cr6O21Rh2. The molecule has 0 aromatic carbocycles. The van der Waals surface area contributed by atoms with Gasteiger partial charge < -0.3 is 0 Å². The van der Waals surface area contributed by atoms with E-state index in [0.717, 1.165) is 0 Å². The first kappa shape index (κ1) is 41.0. The molecule has 0 unspecified atom stereocenters. The molecule has 0 fully saturated rings. The molecule has 0 atom stereocenters. The molecule has 0 heterocycles. The van der Waals surface area contributed by atoms with Crippen molar-refractivity contribution >= 4 is 0 Å². The van der Waals surface area contributed by atoms with Crippen LogP contribution in [0.1, 0.15) is 0 Å². The van der Waals surface area contributed by atoms with Gasteiger partial charge in [-0.3, -0.25) is 0 Å². The van der Waals surface area contributed by atoms with Crippen molar-refractivity contribution in [2.24, 2.45) is 0 Å². The SMILES string of the molecule is [O]=[Cr](=[O])([O-])[O][Cr](=[O])(=[O])[O-].[O]=[Cr](=[O])([O-])[O][Cr](=[O])(=[O])[O-].[O]=[Cr](=[O])([O-])[O][Cr](=[O])(=[O])[O-].[Rh+3].[Rh+3]. The molecule has 0 aromatic heterocycles. The molecule has 0 radical (unpaired) electrons. The van der Waals surface area contributed by atoms with Crippen LogP contribution in [0.5, 0.6) is 0 Å². The van der Waals surface area contributed by atoms with E-state index in [9.17, 15) is 70.6 Å². The van der Waals surface area contributed by atoms with E-state index in [0.29, 0.717) is 0 Å². The zero-order valence-corrected chi connectivity index (χ0v) is 22.6. The number of hydrogen-bond donors (Lipinski definition) is 0. The summed E-state index contributed by atoms with van der Waals surface area (Å²) in [6, 6.07) is 0. The third-order valence-electron chi connectivity index (χ3n) is 0.500. The molecule has 0 aliphatic rings. The maximum absolute atomic E-state index is 9.38. The zero-order valence-electron chi connectivity index (χ0n) is 11.7. The molecule has 0 aromatic rings. The van der Waals surface area contributed by atoms with Crippen molar-refractivity contribution in [1.29, 1.82) is 0 Å². The van der Waals surface area contributed by atoms with Crippen LogP contribution in [-0.2, 0) is 175 Å². The molecule has 0 saturated heterocycles. The van der Waals surface area contributed by atoms with Gasteiger partial charge in [-0.2, -0.15) is 0 Å². The monoisotopic (exact) mass is 853 g/mol. The summed E-state index contributed by atoms with van der Waals surface area (Å²) in [4.78, 5) is 0. The maximum atomic E-state index is 9.38. The molecule has 29 heavy (non-hydrogen) atoms. The molecule has 0 amide bonds. The molecule has 180 valence electrons. The summed E-state index contributed by atoms with van der Waals surface area (Å²) in [6.45, 7) is 0. The maximum Gasteiger partial charge on any atom is 3.00 e. The van der Waals surface area contributed by atoms with Crippen molar-refractivity contribution in [2.45, 2.75) is 0 Å². The second-order valence-corrected chi connectivity index (χ2v) is 13.6. The van der Waals surface area contributed by atoms with Crippen LogP contribution >= 0.6 is 0 Å². The summed E-state index contributed by atoms with van der Waals surface area (Å²) >= 11 is -36.4. The predicted octanol–water partition coefficient (Wildman–Crippen LogP) is -8.78. The largest absolute Gasteiger partial charge is 3.00 e. The normalized spacial score (nSPS) is 12.6. The van der Waals surface area contributed by atoms with Crippen LogP contribution in [0.25, 0.3) is 0 Å². The van der Waals surface area contributed by atoms with Gasteiger partial charge in [-0.1, -0.05) is 0 Å². The van der Waals surface area contributed by atoms with E-state index in [2.05, 4.69) is 8.52 Å². The van der Waals surface area contributed by atoms with E-state index in [4.69, 9.17) is 0 Å². The number of hydrogen-bond acceptors (Lipinski definition) is 21. The van der Waals surface area contributed by atoms with Gasteiger partial charge in [0.15, 0.2) is 0 Å². The summed E-state index contributed by atoms with van der Waals surface area (Å²) in [5.74, 6) is 0. The Kier molecular flexibility index (Phi) is 20.9. The van der Waals surface area contributed by atoms with Crippen LogP contribution in [0.2, 0.25) is 0 Å². The first-order valence-electron chi connectivity index (χ1n) is 4.00. The van der Waals surface area contributed by atoms with Gasteiger partial charge in [0.05, 0.1) is 0 Å². The van der Waals surface area contributed by atoms with Crippen LogP contribution in [0.4, 0.5) is 0 Å². The van der Waals surface area contributed by atoms with Crippen LogP contribution in [0.3, 0.4) is 0 Å². The van der Waals surface area contributed by atoms with Gasteiger partial charge in [0.25, 0.3) is 0 Å². The van der Waals surface area contributed by atoms with Gasteiger partial charge in [0.1, 0.15) is 0 Å². The van der Waals surface area contributed by atoms with Gasteiger partial charge in [-0.15, -0.1) is 0 Å². The molecule has 0 saturated carbocycles. The van der Waals surface area contributed by atoms with Crippen molar-refractivity contribution < 1.29 is 200 Å². The predicted molar refractivity (Wildman–Crippen MR) is 11.5 cm³/mol. The molecule has 0 N–H and O–H groups in total. The van der Waals surface area contributed by atoms with Crippen LogP contribution in [0.15, 0.2) is 0 Å². The fourth-order valence-corrected chi connectivity index (χ4v) is 5.21. The first-order chi connectivity index (χ1) is 11.1. The Morgan fingerprint density at radius 1 is 0.310 bits per heavy atom. The quantitative estimate of drug-likeness (QED) is 0.224. The Bertz CT molecular complexity index is 854. The van der Waals surface area contributed by atoms with E-state index >= 15 is 0 Å². The minimum Gasteiger partial charge on any atom is 3.00 e. The molecule has 21 nitrogen and oxygen atoms in total. The van der Waals surface area contributed by atoms with Gasteiger partial charge in [-0.05, 0) is 0 Å². The molecule has 0 bridgehead atoms. The average Bonchev–Trinajstić information content (AvgIpc) is 1.96. The standard InChI is InChI=1S/6Cr.21O.2Rh/q;;;;;;;;;;;;;;;;;;;;;6*-1;2*+3. The molecular weight excluding hydrogens is 854 g/mol. The van der Waals surface area contributed by atoms with E-state index in [1.807, 2.05) is 0 Å².